The zero-order chi connectivity index (χ0) is 9.31. The summed E-state index contributed by atoms with van der Waals surface area (Å²) < 4.78 is 0. The molecule has 0 saturated heterocycles. The lowest BCUT2D eigenvalue weighted by Crippen LogP contribution is -2.33. The van der Waals surface area contributed by atoms with Crippen molar-refractivity contribution in [2.45, 2.75) is 24.9 Å². The number of hydrogen-bond acceptors (Lipinski definition) is 1. The molecule has 1 heteroatoms. The summed E-state index contributed by atoms with van der Waals surface area (Å²) in [6.07, 6.45) is 4.14. The number of hydrogen-bond donors (Lipinski definition) is 1. The van der Waals surface area contributed by atoms with Crippen LogP contribution in [0.5, 0.6) is 0 Å². The van der Waals surface area contributed by atoms with Crippen molar-refractivity contribution >= 4 is 0 Å². The first-order valence-corrected chi connectivity index (χ1v) is 4.66. The molecule has 1 aromatic carbocycles. The quantitative estimate of drug-likeness (QED) is 0.646. The molecule has 1 atom stereocenters. The summed E-state index contributed by atoms with van der Waals surface area (Å²) in [6.45, 7) is 3.68. The molecule has 1 aliphatic rings. The zero-order valence-electron chi connectivity index (χ0n) is 7.66. The third-order valence-corrected chi connectivity index (χ3v) is 2.82. The monoisotopic (exact) mass is 174 g/mol. The van der Waals surface area contributed by atoms with Gasteiger partial charge in [0.25, 0.3) is 0 Å². The second-order valence-electron chi connectivity index (χ2n) is 3.75. The molecule has 1 unspecified atom stereocenters. The molecule has 2 rings (SSSR count). The maximum absolute atomic E-state index is 10.0. The predicted octanol–water partition coefficient (Wildman–Crippen LogP) is 2.09. The Kier molecular flexibility index (Phi) is 1.97. The van der Waals surface area contributed by atoms with Gasteiger partial charge in [-0.2, -0.15) is 0 Å². The van der Waals surface area contributed by atoms with Gasteiger partial charge in [0.1, 0.15) is 0 Å². The normalized spacial score (nSPS) is 26.5. The van der Waals surface area contributed by atoms with Gasteiger partial charge in [0, 0.05) is 6.42 Å². The molecule has 0 saturated carbocycles. The van der Waals surface area contributed by atoms with Crippen LogP contribution in [0.2, 0.25) is 0 Å². The van der Waals surface area contributed by atoms with E-state index in [1.54, 1.807) is 6.08 Å². The molecule has 0 aromatic heterocycles. The molecule has 0 spiro atoms. The Labute approximate surface area is 78.7 Å². The fourth-order valence-corrected chi connectivity index (χ4v) is 1.92. The molecule has 1 nitrogen and oxygen atoms in total. The topological polar surface area (TPSA) is 20.2 Å². The number of benzene rings is 1. The molecule has 0 fully saturated rings. The van der Waals surface area contributed by atoms with Crippen molar-refractivity contribution < 1.29 is 5.11 Å². The van der Waals surface area contributed by atoms with E-state index < -0.39 is 5.60 Å². The van der Waals surface area contributed by atoms with Crippen molar-refractivity contribution in [2.75, 3.05) is 0 Å². The van der Waals surface area contributed by atoms with Gasteiger partial charge in [-0.3, -0.25) is 0 Å². The number of fused-ring (bicyclic) bond motifs is 1. The minimum absolute atomic E-state index is 0.672. The van der Waals surface area contributed by atoms with E-state index in [1.165, 1.54) is 11.1 Å². The van der Waals surface area contributed by atoms with E-state index in [1.807, 2.05) is 6.07 Å². The average Bonchev–Trinajstić information content (AvgIpc) is 2.18. The summed E-state index contributed by atoms with van der Waals surface area (Å²) in [6, 6.07) is 8.30. The second kappa shape index (κ2) is 3.00. The van der Waals surface area contributed by atoms with E-state index in [0.29, 0.717) is 6.42 Å². The highest BCUT2D eigenvalue weighted by Crippen LogP contribution is 2.28. The summed E-state index contributed by atoms with van der Waals surface area (Å²) in [4.78, 5) is 0. The summed E-state index contributed by atoms with van der Waals surface area (Å²) in [5.74, 6) is 0. The Balaban J connectivity index is 2.34. The van der Waals surface area contributed by atoms with Crippen LogP contribution in [0, 0.1) is 0 Å². The van der Waals surface area contributed by atoms with E-state index in [-0.39, 0.29) is 0 Å². The van der Waals surface area contributed by atoms with Gasteiger partial charge in [-0.05, 0) is 24.0 Å². The highest BCUT2D eigenvalue weighted by Gasteiger charge is 2.28. The fraction of sp³-hybridized carbons (Fsp3) is 0.333. The van der Waals surface area contributed by atoms with Crippen LogP contribution < -0.4 is 0 Å². The van der Waals surface area contributed by atoms with Crippen LogP contribution in [0.4, 0.5) is 0 Å². The third-order valence-electron chi connectivity index (χ3n) is 2.82. The van der Waals surface area contributed by atoms with Crippen LogP contribution in [0.25, 0.3) is 0 Å². The average molecular weight is 174 g/mol. The smallest absolute Gasteiger partial charge is 0.0868 e. The Bertz CT molecular complexity index is 330. The first kappa shape index (κ1) is 8.52. The second-order valence-corrected chi connectivity index (χ2v) is 3.75. The van der Waals surface area contributed by atoms with E-state index >= 15 is 0 Å². The predicted molar refractivity (Wildman–Crippen MR) is 53.6 cm³/mol. The van der Waals surface area contributed by atoms with Gasteiger partial charge in [-0.1, -0.05) is 30.3 Å². The Hall–Kier alpha value is -1.08. The van der Waals surface area contributed by atoms with E-state index in [9.17, 15) is 5.11 Å². The largest absolute Gasteiger partial charge is 0.385 e. The number of aliphatic hydroxyl groups is 1. The molecule has 0 amide bonds. The highest BCUT2D eigenvalue weighted by atomic mass is 16.3. The molecule has 68 valence electrons. The van der Waals surface area contributed by atoms with Crippen molar-refractivity contribution in [1.29, 1.82) is 0 Å². The van der Waals surface area contributed by atoms with Crippen LogP contribution in [-0.2, 0) is 12.8 Å². The zero-order valence-corrected chi connectivity index (χ0v) is 7.66. The molecule has 1 N–H and O–H groups in total. The van der Waals surface area contributed by atoms with Crippen molar-refractivity contribution in [3.8, 4) is 0 Å². The van der Waals surface area contributed by atoms with Crippen LogP contribution >= 0.6 is 0 Å². The van der Waals surface area contributed by atoms with Crippen molar-refractivity contribution in [3.05, 3.63) is 48.0 Å². The van der Waals surface area contributed by atoms with E-state index in [2.05, 4.69) is 24.8 Å². The van der Waals surface area contributed by atoms with Crippen molar-refractivity contribution in [2.24, 2.45) is 0 Å². The van der Waals surface area contributed by atoms with Crippen molar-refractivity contribution in [1.82, 2.24) is 0 Å². The first-order chi connectivity index (χ1) is 6.23. The Morgan fingerprint density at radius 3 is 2.69 bits per heavy atom. The van der Waals surface area contributed by atoms with Crippen LogP contribution in [0.3, 0.4) is 0 Å². The third kappa shape index (κ3) is 1.52. The lowest BCUT2D eigenvalue weighted by Gasteiger charge is -2.30. The first-order valence-electron chi connectivity index (χ1n) is 4.66. The van der Waals surface area contributed by atoms with Crippen molar-refractivity contribution in [3.63, 3.8) is 0 Å². The summed E-state index contributed by atoms with van der Waals surface area (Å²) >= 11 is 0. The lowest BCUT2D eigenvalue weighted by molar-refractivity contribution is 0.0765. The minimum atomic E-state index is -0.672. The molecule has 0 heterocycles. The summed E-state index contributed by atoms with van der Waals surface area (Å²) in [5.41, 5.74) is 1.96. The maximum atomic E-state index is 10.0. The van der Waals surface area contributed by atoms with Crippen LogP contribution in [0.15, 0.2) is 36.9 Å². The molecule has 0 aliphatic heterocycles. The van der Waals surface area contributed by atoms with E-state index in [0.717, 1.165) is 12.8 Å². The lowest BCUT2D eigenvalue weighted by atomic mass is 9.81. The van der Waals surface area contributed by atoms with Crippen LogP contribution in [-0.4, -0.2) is 10.7 Å². The molecule has 0 radical (unpaired) electrons. The van der Waals surface area contributed by atoms with Gasteiger partial charge in [0.2, 0.25) is 0 Å². The summed E-state index contributed by atoms with van der Waals surface area (Å²) in [7, 11) is 0. The van der Waals surface area contributed by atoms with E-state index in [4.69, 9.17) is 0 Å². The Morgan fingerprint density at radius 2 is 2.00 bits per heavy atom. The van der Waals surface area contributed by atoms with Gasteiger partial charge in [-0.25, -0.2) is 0 Å². The molecular formula is C12H14O. The standard InChI is InChI=1S/C12H14O/c1-2-12(13)8-7-10-5-3-4-6-11(10)9-12/h2-6,13H,1,7-9H2. The fourth-order valence-electron chi connectivity index (χ4n) is 1.92. The van der Waals surface area contributed by atoms with Crippen LogP contribution in [0.1, 0.15) is 17.5 Å². The molecular weight excluding hydrogens is 160 g/mol. The highest BCUT2D eigenvalue weighted by molar-refractivity contribution is 5.32. The maximum Gasteiger partial charge on any atom is 0.0868 e. The van der Waals surface area contributed by atoms with Gasteiger partial charge in [0.05, 0.1) is 5.60 Å². The molecule has 1 aliphatic carbocycles. The van der Waals surface area contributed by atoms with Gasteiger partial charge in [-0.15, -0.1) is 6.58 Å². The molecule has 1 aromatic rings. The van der Waals surface area contributed by atoms with Gasteiger partial charge in [0.15, 0.2) is 0 Å². The molecule has 0 bridgehead atoms. The number of rotatable bonds is 1. The number of aryl methyl sites for hydroxylation is 1. The summed E-state index contributed by atoms with van der Waals surface area (Å²) in [5, 5.41) is 10.0. The molecule has 13 heavy (non-hydrogen) atoms. The minimum Gasteiger partial charge on any atom is -0.385 e. The SMILES string of the molecule is C=CC1(O)CCc2ccccc2C1. The van der Waals surface area contributed by atoms with Gasteiger partial charge >= 0.3 is 0 Å². The van der Waals surface area contributed by atoms with Gasteiger partial charge < -0.3 is 5.11 Å². The Morgan fingerprint density at radius 1 is 1.31 bits per heavy atom.